The van der Waals surface area contributed by atoms with Crippen molar-refractivity contribution in [2.24, 2.45) is 0 Å². The molecule has 0 spiro atoms. The van der Waals surface area contributed by atoms with Crippen LogP contribution < -0.4 is 0 Å². The van der Waals surface area contributed by atoms with E-state index in [0.29, 0.717) is 0 Å². The summed E-state index contributed by atoms with van der Waals surface area (Å²) in [6, 6.07) is 40.6. The third-order valence-electron chi connectivity index (χ3n) is 8.26. The summed E-state index contributed by atoms with van der Waals surface area (Å²) in [5.41, 5.74) is 12.0. The average molecular weight is 551 g/mol. The number of nitrogens with zero attached hydrogens (tertiary/aromatic N) is 2. The molecule has 0 bridgehead atoms. The summed E-state index contributed by atoms with van der Waals surface area (Å²) in [4.78, 5) is 9.12. The van der Waals surface area contributed by atoms with Crippen molar-refractivity contribution in [3.05, 3.63) is 158 Å². The first-order valence-corrected chi connectivity index (χ1v) is 14.5. The van der Waals surface area contributed by atoms with E-state index in [4.69, 9.17) is 4.98 Å². The second kappa shape index (κ2) is 11.0. The van der Waals surface area contributed by atoms with E-state index < -0.39 is 0 Å². The maximum absolute atomic E-state index is 4.70. The minimum absolute atomic E-state index is 0.864. The molecule has 2 aromatic heterocycles. The minimum atomic E-state index is 0.864. The molecule has 0 N–H and O–H groups in total. The molecule has 0 aliphatic heterocycles. The molecule has 0 saturated heterocycles. The lowest BCUT2D eigenvalue weighted by molar-refractivity contribution is 1.25. The maximum Gasteiger partial charge on any atom is 0.0886 e. The molecule has 0 amide bonds. The van der Waals surface area contributed by atoms with E-state index in [-0.39, 0.29) is 0 Å². The van der Waals surface area contributed by atoms with Crippen molar-refractivity contribution in [2.75, 3.05) is 0 Å². The van der Waals surface area contributed by atoms with Crippen LogP contribution in [0.2, 0.25) is 0 Å². The molecule has 0 radical (unpaired) electrons. The van der Waals surface area contributed by atoms with Gasteiger partial charge in [-0.2, -0.15) is 0 Å². The van der Waals surface area contributed by atoms with Gasteiger partial charge in [0, 0.05) is 18.0 Å². The second-order valence-electron chi connectivity index (χ2n) is 10.8. The van der Waals surface area contributed by atoms with E-state index in [1.54, 1.807) is 6.20 Å². The van der Waals surface area contributed by atoms with Crippen molar-refractivity contribution < 1.29 is 0 Å². The molecule has 0 fully saturated rings. The molecule has 0 saturated carbocycles. The predicted molar refractivity (Wildman–Crippen MR) is 184 cm³/mol. The first kappa shape index (κ1) is 26.3. The molecule has 204 valence electrons. The van der Waals surface area contributed by atoms with Gasteiger partial charge in [0.2, 0.25) is 0 Å². The van der Waals surface area contributed by atoms with Gasteiger partial charge in [0.15, 0.2) is 0 Å². The van der Waals surface area contributed by atoms with Crippen LogP contribution in [-0.2, 0) is 0 Å². The molecule has 7 aromatic rings. The number of rotatable bonds is 6. The molecule has 2 heterocycles. The summed E-state index contributed by atoms with van der Waals surface area (Å²) in [5, 5.41) is 4.85. The lowest BCUT2D eigenvalue weighted by Crippen LogP contribution is -1.97. The Hall–Kier alpha value is -5.60. The Kier molecular flexibility index (Phi) is 6.73. The number of hydrogen-bond acceptors (Lipinski definition) is 2. The van der Waals surface area contributed by atoms with Gasteiger partial charge in [-0.15, -0.1) is 0 Å². The number of benzene rings is 5. The normalized spacial score (nSPS) is 11.1. The Labute approximate surface area is 252 Å². The van der Waals surface area contributed by atoms with Gasteiger partial charge in [0.05, 0.1) is 11.4 Å². The van der Waals surface area contributed by atoms with Crippen molar-refractivity contribution >= 4 is 33.7 Å². The van der Waals surface area contributed by atoms with Gasteiger partial charge in [-0.3, -0.25) is 9.97 Å². The maximum atomic E-state index is 4.70. The van der Waals surface area contributed by atoms with Crippen molar-refractivity contribution in [3.8, 4) is 44.8 Å². The summed E-state index contributed by atoms with van der Waals surface area (Å²) >= 11 is 0. The highest BCUT2D eigenvalue weighted by Gasteiger charge is 2.20. The molecule has 0 aliphatic rings. The largest absolute Gasteiger partial charge is 0.255 e. The van der Waals surface area contributed by atoms with Crippen molar-refractivity contribution in [1.29, 1.82) is 0 Å². The zero-order valence-corrected chi connectivity index (χ0v) is 24.1. The van der Waals surface area contributed by atoms with Crippen molar-refractivity contribution in [1.82, 2.24) is 9.97 Å². The molecule has 2 nitrogen and oxygen atoms in total. The summed E-state index contributed by atoms with van der Waals surface area (Å²) in [6.07, 6.45) is 7.69. The van der Waals surface area contributed by atoms with Gasteiger partial charge in [-0.05, 0) is 97.2 Å². The number of aryl methyl sites for hydroxylation is 1. The summed E-state index contributed by atoms with van der Waals surface area (Å²) in [5.74, 6) is 0. The predicted octanol–water partition coefficient (Wildman–Crippen LogP) is 11.0. The van der Waals surface area contributed by atoms with Crippen LogP contribution in [-0.4, -0.2) is 9.97 Å². The second-order valence-corrected chi connectivity index (χ2v) is 10.8. The van der Waals surface area contributed by atoms with Gasteiger partial charge in [0.25, 0.3) is 0 Å². The summed E-state index contributed by atoms with van der Waals surface area (Å²) in [6.45, 7) is 10.7. The lowest BCUT2D eigenvalue weighted by Gasteiger charge is -2.21. The Morgan fingerprint density at radius 1 is 0.535 bits per heavy atom. The van der Waals surface area contributed by atoms with E-state index in [1.807, 2.05) is 42.6 Å². The monoisotopic (exact) mass is 550 g/mol. The zero-order chi connectivity index (χ0) is 29.3. The van der Waals surface area contributed by atoms with E-state index in [0.717, 1.165) is 33.6 Å². The number of fused-ring (bicyclic) bond motifs is 2. The van der Waals surface area contributed by atoms with E-state index in [9.17, 15) is 0 Å². The average Bonchev–Trinajstić information content (AvgIpc) is 3.07. The first-order valence-electron chi connectivity index (χ1n) is 14.5. The van der Waals surface area contributed by atoms with Crippen LogP contribution in [0.4, 0.5) is 0 Å². The molecule has 0 aliphatic carbocycles. The molecule has 2 heteroatoms. The van der Waals surface area contributed by atoms with Gasteiger partial charge >= 0.3 is 0 Å². The number of hydrogen-bond donors (Lipinski definition) is 0. The van der Waals surface area contributed by atoms with Crippen LogP contribution in [0.1, 0.15) is 16.7 Å². The molecule has 5 aromatic carbocycles. The van der Waals surface area contributed by atoms with Crippen LogP contribution in [0.3, 0.4) is 0 Å². The smallest absolute Gasteiger partial charge is 0.0886 e. The van der Waals surface area contributed by atoms with Gasteiger partial charge in [0.1, 0.15) is 0 Å². The van der Waals surface area contributed by atoms with E-state index >= 15 is 0 Å². The van der Waals surface area contributed by atoms with Crippen LogP contribution in [0.5, 0.6) is 0 Å². The first-order chi connectivity index (χ1) is 21.2. The Bertz CT molecular complexity index is 2160. The zero-order valence-electron chi connectivity index (χ0n) is 24.1. The standard InChI is InChI=1S/C41H30N2/c1-4-33-34(5-2)41(37-15-9-8-14-36(37)40(33)31-18-17-28-12-6-7-13-29(28)25-31)35-21-19-30(24-27(35)3)32-20-22-39(43-26-32)38-16-10-11-23-42-38/h4-26H,1-2H2,3H3. The summed E-state index contributed by atoms with van der Waals surface area (Å²) < 4.78 is 0. The molecule has 0 atom stereocenters. The van der Waals surface area contributed by atoms with Gasteiger partial charge < -0.3 is 0 Å². The Morgan fingerprint density at radius 2 is 1.19 bits per heavy atom. The fourth-order valence-corrected chi connectivity index (χ4v) is 6.20. The highest BCUT2D eigenvalue weighted by molar-refractivity contribution is 6.12. The molecule has 43 heavy (non-hydrogen) atoms. The van der Waals surface area contributed by atoms with Crippen molar-refractivity contribution in [2.45, 2.75) is 6.92 Å². The van der Waals surface area contributed by atoms with Crippen LogP contribution in [0.25, 0.3) is 78.5 Å². The Morgan fingerprint density at radius 3 is 1.88 bits per heavy atom. The third kappa shape index (κ3) is 4.64. The minimum Gasteiger partial charge on any atom is -0.255 e. The molecule has 7 rings (SSSR count). The third-order valence-corrected chi connectivity index (χ3v) is 8.26. The number of aromatic nitrogens is 2. The summed E-state index contributed by atoms with van der Waals surface area (Å²) in [7, 11) is 0. The van der Waals surface area contributed by atoms with E-state index in [2.05, 4.69) is 116 Å². The fourth-order valence-electron chi connectivity index (χ4n) is 6.20. The quantitative estimate of drug-likeness (QED) is 0.206. The highest BCUT2D eigenvalue weighted by atomic mass is 14.8. The Balaban J connectivity index is 1.38. The molecular formula is C41H30N2. The van der Waals surface area contributed by atoms with Gasteiger partial charge in [-0.25, -0.2) is 0 Å². The molecular weight excluding hydrogens is 520 g/mol. The fraction of sp³-hybridized carbons (Fsp3) is 0.0244. The molecule has 0 unspecified atom stereocenters. The van der Waals surface area contributed by atoms with Crippen LogP contribution in [0.15, 0.2) is 141 Å². The number of pyridine rings is 2. The van der Waals surface area contributed by atoms with Crippen LogP contribution >= 0.6 is 0 Å². The van der Waals surface area contributed by atoms with E-state index in [1.165, 1.54) is 49.4 Å². The topological polar surface area (TPSA) is 25.8 Å². The highest BCUT2D eigenvalue weighted by Crippen LogP contribution is 2.44. The SMILES string of the molecule is C=Cc1c(C=C)c(-c2ccc(-c3ccc(-c4ccccn4)nc3)cc2C)c2ccccc2c1-c1ccc2ccccc2c1. The van der Waals surface area contributed by atoms with Crippen molar-refractivity contribution in [3.63, 3.8) is 0 Å². The lowest BCUT2D eigenvalue weighted by atomic mass is 9.82. The van der Waals surface area contributed by atoms with Crippen LogP contribution in [0, 0.1) is 6.92 Å². The van der Waals surface area contributed by atoms with Gasteiger partial charge in [-0.1, -0.05) is 116 Å².